The summed E-state index contributed by atoms with van der Waals surface area (Å²) in [6.07, 6.45) is -0.385. The fourth-order valence-corrected chi connectivity index (χ4v) is 2.17. The van der Waals surface area contributed by atoms with E-state index in [-0.39, 0.29) is 17.2 Å². The lowest BCUT2D eigenvalue weighted by atomic mass is 10.2. The average molecular weight is 282 g/mol. The highest BCUT2D eigenvalue weighted by Gasteiger charge is 2.13. The van der Waals surface area contributed by atoms with Crippen LogP contribution in [0.5, 0.6) is 0 Å². The zero-order valence-electron chi connectivity index (χ0n) is 10.7. The summed E-state index contributed by atoms with van der Waals surface area (Å²) in [6, 6.07) is 5.93. The van der Waals surface area contributed by atoms with Crippen molar-refractivity contribution in [2.45, 2.75) is 31.0 Å². The van der Waals surface area contributed by atoms with Crippen LogP contribution in [0.15, 0.2) is 28.8 Å². The minimum atomic E-state index is -0.385. The summed E-state index contributed by atoms with van der Waals surface area (Å²) >= 11 is 1.54. The zero-order chi connectivity index (χ0) is 13.8. The van der Waals surface area contributed by atoms with Gasteiger partial charge in [-0.3, -0.25) is 0 Å². The van der Waals surface area contributed by atoms with E-state index < -0.39 is 0 Å². The summed E-state index contributed by atoms with van der Waals surface area (Å²) in [5.74, 6) is 1.19. The Balaban J connectivity index is 2.01. The molecule has 1 aromatic carbocycles. The van der Waals surface area contributed by atoms with Crippen molar-refractivity contribution in [3.8, 4) is 11.4 Å². The third-order valence-corrected chi connectivity index (χ3v) is 4.05. The van der Waals surface area contributed by atoms with Gasteiger partial charge in [0, 0.05) is 10.8 Å². The number of halogens is 1. The number of nitrogens with zero attached hydrogens (tertiary/aromatic N) is 2. The van der Waals surface area contributed by atoms with Crippen molar-refractivity contribution in [3.63, 3.8) is 0 Å². The van der Waals surface area contributed by atoms with Crippen LogP contribution in [0.25, 0.3) is 11.4 Å². The largest absolute Gasteiger partial charge is 0.392 e. The molecule has 0 bridgehead atoms. The maximum atomic E-state index is 12.8. The Kier molecular flexibility index (Phi) is 4.55. The van der Waals surface area contributed by atoms with Gasteiger partial charge in [0.05, 0.1) is 11.9 Å². The standard InChI is InChI=1S/C13H15FN2O2S/c1-8(17)9(2)19-7-12-15-13(16-18-12)10-3-5-11(14)6-4-10/h3-6,8-9,17H,7H2,1-2H3. The Morgan fingerprint density at radius 1 is 1.32 bits per heavy atom. The highest BCUT2D eigenvalue weighted by Crippen LogP contribution is 2.21. The van der Waals surface area contributed by atoms with E-state index in [4.69, 9.17) is 4.52 Å². The topological polar surface area (TPSA) is 59.2 Å². The van der Waals surface area contributed by atoms with Crippen LogP contribution in [0.3, 0.4) is 0 Å². The van der Waals surface area contributed by atoms with Crippen LogP contribution in [0.2, 0.25) is 0 Å². The van der Waals surface area contributed by atoms with Crippen molar-refractivity contribution in [2.24, 2.45) is 0 Å². The quantitative estimate of drug-likeness (QED) is 0.913. The molecule has 0 aliphatic carbocycles. The summed E-state index contributed by atoms with van der Waals surface area (Å²) in [5, 5.41) is 13.3. The minimum Gasteiger partial charge on any atom is -0.392 e. The van der Waals surface area contributed by atoms with Crippen molar-refractivity contribution >= 4 is 11.8 Å². The van der Waals surface area contributed by atoms with E-state index in [1.807, 2.05) is 6.92 Å². The molecule has 19 heavy (non-hydrogen) atoms. The molecule has 0 spiro atoms. The molecule has 2 unspecified atom stereocenters. The van der Waals surface area contributed by atoms with Crippen LogP contribution in [-0.4, -0.2) is 26.6 Å². The number of hydrogen-bond acceptors (Lipinski definition) is 5. The van der Waals surface area contributed by atoms with Gasteiger partial charge in [-0.1, -0.05) is 12.1 Å². The van der Waals surface area contributed by atoms with Crippen LogP contribution in [0.1, 0.15) is 19.7 Å². The number of rotatable bonds is 5. The molecule has 0 radical (unpaired) electrons. The number of hydrogen-bond donors (Lipinski definition) is 1. The van der Waals surface area contributed by atoms with Crippen molar-refractivity contribution in [1.29, 1.82) is 0 Å². The summed E-state index contributed by atoms with van der Waals surface area (Å²) in [4.78, 5) is 4.24. The average Bonchev–Trinajstić information content (AvgIpc) is 2.85. The second-order valence-electron chi connectivity index (χ2n) is 4.28. The maximum absolute atomic E-state index is 12.8. The first-order valence-electron chi connectivity index (χ1n) is 5.94. The first kappa shape index (κ1) is 14.0. The van der Waals surface area contributed by atoms with Gasteiger partial charge in [-0.15, -0.1) is 11.8 Å². The maximum Gasteiger partial charge on any atom is 0.236 e. The summed E-state index contributed by atoms with van der Waals surface area (Å²) in [5.41, 5.74) is 0.713. The van der Waals surface area contributed by atoms with Gasteiger partial charge in [0.25, 0.3) is 0 Å². The van der Waals surface area contributed by atoms with Crippen LogP contribution < -0.4 is 0 Å². The first-order valence-corrected chi connectivity index (χ1v) is 6.99. The molecule has 1 aromatic heterocycles. The fraction of sp³-hybridized carbons (Fsp3) is 0.385. The molecule has 0 saturated heterocycles. The number of thioether (sulfide) groups is 1. The van der Waals surface area contributed by atoms with E-state index in [1.165, 1.54) is 12.1 Å². The highest BCUT2D eigenvalue weighted by atomic mass is 32.2. The van der Waals surface area contributed by atoms with E-state index in [0.29, 0.717) is 23.0 Å². The molecule has 4 nitrogen and oxygen atoms in total. The third kappa shape index (κ3) is 3.78. The molecule has 6 heteroatoms. The van der Waals surface area contributed by atoms with Crippen molar-refractivity contribution in [3.05, 3.63) is 36.0 Å². The third-order valence-electron chi connectivity index (χ3n) is 2.72. The summed E-state index contributed by atoms with van der Waals surface area (Å²) in [6.45, 7) is 3.68. The smallest absolute Gasteiger partial charge is 0.236 e. The summed E-state index contributed by atoms with van der Waals surface area (Å²) in [7, 11) is 0. The molecule has 1 heterocycles. The second kappa shape index (κ2) is 6.16. The lowest BCUT2D eigenvalue weighted by Gasteiger charge is -2.11. The van der Waals surface area contributed by atoms with E-state index in [1.54, 1.807) is 30.8 Å². The lowest BCUT2D eigenvalue weighted by Crippen LogP contribution is -2.15. The van der Waals surface area contributed by atoms with E-state index >= 15 is 0 Å². The predicted molar refractivity (Wildman–Crippen MR) is 72.1 cm³/mol. The van der Waals surface area contributed by atoms with Crippen LogP contribution in [-0.2, 0) is 5.75 Å². The second-order valence-corrected chi connectivity index (χ2v) is 5.64. The van der Waals surface area contributed by atoms with Crippen molar-refractivity contribution in [2.75, 3.05) is 0 Å². The van der Waals surface area contributed by atoms with Gasteiger partial charge in [0.1, 0.15) is 5.82 Å². The Morgan fingerprint density at radius 2 is 2.00 bits per heavy atom. The Morgan fingerprint density at radius 3 is 2.63 bits per heavy atom. The van der Waals surface area contributed by atoms with Crippen LogP contribution in [0, 0.1) is 5.82 Å². The number of benzene rings is 1. The molecular formula is C13H15FN2O2S. The van der Waals surface area contributed by atoms with Crippen molar-refractivity contribution < 1.29 is 14.0 Å². The molecule has 2 rings (SSSR count). The van der Waals surface area contributed by atoms with Gasteiger partial charge in [0.15, 0.2) is 0 Å². The number of aliphatic hydroxyl groups is 1. The van der Waals surface area contributed by atoms with E-state index in [0.717, 1.165) is 0 Å². The molecule has 102 valence electrons. The zero-order valence-corrected chi connectivity index (χ0v) is 11.5. The van der Waals surface area contributed by atoms with Gasteiger partial charge in [-0.25, -0.2) is 4.39 Å². The van der Waals surface area contributed by atoms with Gasteiger partial charge < -0.3 is 9.63 Å². The molecule has 0 fully saturated rings. The molecule has 0 amide bonds. The fourth-order valence-electron chi connectivity index (χ4n) is 1.37. The molecule has 0 aliphatic heterocycles. The van der Waals surface area contributed by atoms with E-state index in [2.05, 4.69) is 10.1 Å². The van der Waals surface area contributed by atoms with Crippen LogP contribution in [0.4, 0.5) is 4.39 Å². The Labute approximate surface area is 115 Å². The molecule has 0 saturated carbocycles. The molecular weight excluding hydrogens is 267 g/mol. The normalized spacial score (nSPS) is 14.3. The molecule has 2 atom stereocenters. The number of aromatic nitrogens is 2. The van der Waals surface area contributed by atoms with Crippen molar-refractivity contribution in [1.82, 2.24) is 10.1 Å². The minimum absolute atomic E-state index is 0.0983. The monoisotopic (exact) mass is 282 g/mol. The first-order chi connectivity index (χ1) is 9.06. The van der Waals surface area contributed by atoms with Crippen LogP contribution >= 0.6 is 11.8 Å². The Bertz CT molecular complexity index is 528. The molecule has 1 N–H and O–H groups in total. The number of aliphatic hydroxyl groups excluding tert-OH is 1. The van der Waals surface area contributed by atoms with Gasteiger partial charge in [0.2, 0.25) is 11.7 Å². The van der Waals surface area contributed by atoms with Gasteiger partial charge in [-0.2, -0.15) is 4.98 Å². The van der Waals surface area contributed by atoms with Gasteiger partial charge >= 0.3 is 0 Å². The Hall–Kier alpha value is -1.40. The molecule has 0 aliphatic rings. The SMILES string of the molecule is CC(O)C(C)SCc1nc(-c2ccc(F)cc2)no1. The lowest BCUT2D eigenvalue weighted by molar-refractivity contribution is 0.196. The van der Waals surface area contributed by atoms with E-state index in [9.17, 15) is 9.50 Å². The molecule has 2 aromatic rings. The summed E-state index contributed by atoms with van der Waals surface area (Å²) < 4.78 is 17.9. The predicted octanol–water partition coefficient (Wildman–Crippen LogP) is 2.88. The highest BCUT2D eigenvalue weighted by molar-refractivity contribution is 7.99. The van der Waals surface area contributed by atoms with Gasteiger partial charge in [-0.05, 0) is 31.2 Å².